The van der Waals surface area contributed by atoms with Crippen LogP contribution in [0.1, 0.15) is 67.4 Å². The number of amidine groups is 1. The third-order valence-corrected chi connectivity index (χ3v) is 6.01. The van der Waals surface area contributed by atoms with Crippen LogP contribution in [0.4, 0.5) is 11.4 Å². The van der Waals surface area contributed by atoms with Gasteiger partial charge < -0.3 is 20.5 Å². The lowest BCUT2D eigenvalue weighted by Crippen LogP contribution is -2.30. The summed E-state index contributed by atoms with van der Waals surface area (Å²) in [6, 6.07) is 7.78. The highest BCUT2D eigenvalue weighted by Gasteiger charge is 2.29. The van der Waals surface area contributed by atoms with Gasteiger partial charge in [-0.3, -0.25) is 15.0 Å². The Morgan fingerprint density at radius 1 is 1.17 bits per heavy atom. The maximum Gasteiger partial charge on any atom is 0.261 e. The molecule has 1 aromatic heterocycles. The zero-order valence-corrected chi connectivity index (χ0v) is 17.5. The molecule has 1 amide bonds. The largest absolute Gasteiger partial charge is 0.382 e. The number of aromatic amines is 1. The standard InChI is InChI=1S/C23H29N5O2/c1-14(2)28-13-15-12-17(8-9-18(15)23(28)30)27-21(24)20-19(10-11-25-22(20)29)26-16-6-4-3-5-7-16/h8-12,14,16H,3-7,13H2,1-2H3,(H2,24,27)(H2,25,26,29). The number of pyridine rings is 1. The first-order chi connectivity index (χ1) is 14.4. The smallest absolute Gasteiger partial charge is 0.261 e. The molecule has 2 heterocycles. The average Bonchev–Trinajstić information content (AvgIpc) is 3.05. The van der Waals surface area contributed by atoms with E-state index in [2.05, 4.69) is 15.6 Å². The van der Waals surface area contributed by atoms with Crippen LogP contribution in [0, 0.1) is 5.41 Å². The number of carbonyl (C=O) groups is 1. The zero-order valence-electron chi connectivity index (χ0n) is 17.5. The number of H-pyrrole nitrogens is 1. The van der Waals surface area contributed by atoms with Crippen molar-refractivity contribution in [2.75, 3.05) is 10.6 Å². The van der Waals surface area contributed by atoms with Crippen molar-refractivity contribution in [1.82, 2.24) is 9.88 Å². The Kier molecular flexibility index (Phi) is 5.61. The molecule has 0 radical (unpaired) electrons. The second kappa shape index (κ2) is 8.34. The van der Waals surface area contributed by atoms with E-state index >= 15 is 0 Å². The summed E-state index contributed by atoms with van der Waals surface area (Å²) in [4.78, 5) is 29.5. The molecular weight excluding hydrogens is 378 g/mol. The van der Waals surface area contributed by atoms with E-state index in [0.29, 0.717) is 35.1 Å². The summed E-state index contributed by atoms with van der Waals surface area (Å²) in [7, 11) is 0. The fourth-order valence-electron chi connectivity index (χ4n) is 4.36. The van der Waals surface area contributed by atoms with Gasteiger partial charge in [-0.2, -0.15) is 0 Å². The van der Waals surface area contributed by atoms with Gasteiger partial charge in [0.05, 0.1) is 5.69 Å². The molecule has 2 aliphatic rings. The second-order valence-electron chi connectivity index (χ2n) is 8.47. The number of nitrogens with zero attached hydrogens (tertiary/aromatic N) is 1. The minimum atomic E-state index is -0.296. The number of amides is 1. The quantitative estimate of drug-likeness (QED) is 0.446. The minimum Gasteiger partial charge on any atom is -0.382 e. The lowest BCUT2D eigenvalue weighted by Gasteiger charge is -2.25. The Labute approximate surface area is 176 Å². The van der Waals surface area contributed by atoms with E-state index in [4.69, 9.17) is 5.41 Å². The molecule has 158 valence electrons. The molecule has 1 aliphatic carbocycles. The monoisotopic (exact) mass is 407 g/mol. The molecule has 1 fully saturated rings. The number of fused-ring (bicyclic) bond motifs is 1. The molecule has 2 aromatic rings. The van der Waals surface area contributed by atoms with Crippen LogP contribution in [0.5, 0.6) is 0 Å². The maximum atomic E-state index is 12.5. The summed E-state index contributed by atoms with van der Waals surface area (Å²) < 4.78 is 0. The number of benzene rings is 1. The third-order valence-electron chi connectivity index (χ3n) is 6.01. The van der Waals surface area contributed by atoms with Crippen molar-refractivity contribution in [3.8, 4) is 0 Å². The Balaban J connectivity index is 1.55. The summed E-state index contributed by atoms with van der Waals surface area (Å²) >= 11 is 0. The van der Waals surface area contributed by atoms with E-state index in [1.54, 1.807) is 18.3 Å². The number of hydrogen-bond acceptors (Lipinski definition) is 4. The number of aromatic nitrogens is 1. The molecular formula is C23H29N5O2. The fourth-order valence-corrected chi connectivity index (χ4v) is 4.36. The van der Waals surface area contributed by atoms with Gasteiger partial charge in [0.15, 0.2) is 0 Å². The SMILES string of the molecule is CC(C)N1Cc2cc(NC(=N)c3c(NC4CCCCC4)cc[nH]c3=O)ccc2C1=O. The average molecular weight is 408 g/mol. The minimum absolute atomic E-state index is 0.0418. The maximum absolute atomic E-state index is 12.5. The zero-order chi connectivity index (χ0) is 21.3. The van der Waals surface area contributed by atoms with Gasteiger partial charge in [-0.15, -0.1) is 0 Å². The molecule has 1 saturated carbocycles. The van der Waals surface area contributed by atoms with Crippen LogP contribution < -0.4 is 16.2 Å². The molecule has 1 aromatic carbocycles. The number of anilines is 2. The van der Waals surface area contributed by atoms with Crippen LogP contribution >= 0.6 is 0 Å². The lowest BCUT2D eigenvalue weighted by atomic mass is 9.95. The molecule has 30 heavy (non-hydrogen) atoms. The van der Waals surface area contributed by atoms with Crippen molar-refractivity contribution in [1.29, 1.82) is 5.41 Å². The summed E-state index contributed by atoms with van der Waals surface area (Å²) in [6.07, 6.45) is 7.41. The molecule has 0 atom stereocenters. The highest BCUT2D eigenvalue weighted by Crippen LogP contribution is 2.28. The van der Waals surface area contributed by atoms with Gasteiger partial charge in [0, 0.05) is 36.1 Å². The third kappa shape index (κ3) is 3.97. The summed E-state index contributed by atoms with van der Waals surface area (Å²) in [5.74, 6) is 0.0836. The van der Waals surface area contributed by atoms with Crippen molar-refractivity contribution in [3.63, 3.8) is 0 Å². The first-order valence-electron chi connectivity index (χ1n) is 10.7. The molecule has 0 bridgehead atoms. The molecule has 0 spiro atoms. The number of rotatable bonds is 5. The van der Waals surface area contributed by atoms with E-state index in [1.165, 1.54) is 19.3 Å². The summed E-state index contributed by atoms with van der Waals surface area (Å²) in [6.45, 7) is 4.57. The van der Waals surface area contributed by atoms with Crippen molar-refractivity contribution in [3.05, 3.63) is 57.5 Å². The highest BCUT2D eigenvalue weighted by molar-refractivity contribution is 6.09. The molecule has 7 heteroatoms. The Hall–Kier alpha value is -3.09. The van der Waals surface area contributed by atoms with Gasteiger partial charge in [0.1, 0.15) is 11.4 Å². The van der Waals surface area contributed by atoms with Crippen molar-refractivity contribution < 1.29 is 4.79 Å². The van der Waals surface area contributed by atoms with Gasteiger partial charge in [-0.1, -0.05) is 19.3 Å². The first kappa shape index (κ1) is 20.2. The first-order valence-corrected chi connectivity index (χ1v) is 10.7. The lowest BCUT2D eigenvalue weighted by molar-refractivity contribution is 0.0730. The Morgan fingerprint density at radius 2 is 1.93 bits per heavy atom. The van der Waals surface area contributed by atoms with Crippen LogP contribution in [-0.4, -0.2) is 33.7 Å². The van der Waals surface area contributed by atoms with E-state index in [-0.39, 0.29) is 23.3 Å². The van der Waals surface area contributed by atoms with Crippen LogP contribution in [0.2, 0.25) is 0 Å². The number of carbonyl (C=O) groups excluding carboxylic acids is 1. The Morgan fingerprint density at radius 3 is 2.67 bits per heavy atom. The molecule has 4 rings (SSSR count). The van der Waals surface area contributed by atoms with E-state index in [1.807, 2.05) is 30.9 Å². The summed E-state index contributed by atoms with van der Waals surface area (Å²) in [5, 5.41) is 15.1. The van der Waals surface area contributed by atoms with Crippen molar-refractivity contribution >= 4 is 23.1 Å². The van der Waals surface area contributed by atoms with Crippen LogP contribution in [0.15, 0.2) is 35.3 Å². The van der Waals surface area contributed by atoms with E-state index in [0.717, 1.165) is 18.4 Å². The van der Waals surface area contributed by atoms with Gasteiger partial charge in [-0.05, 0) is 56.5 Å². The normalized spacial score (nSPS) is 16.6. The van der Waals surface area contributed by atoms with Crippen molar-refractivity contribution in [2.45, 2.75) is 64.6 Å². The van der Waals surface area contributed by atoms with Crippen LogP contribution in [0.25, 0.3) is 0 Å². The fraction of sp³-hybridized carbons (Fsp3) is 0.435. The van der Waals surface area contributed by atoms with Gasteiger partial charge in [0.25, 0.3) is 11.5 Å². The van der Waals surface area contributed by atoms with E-state index in [9.17, 15) is 9.59 Å². The molecule has 1 aliphatic heterocycles. The van der Waals surface area contributed by atoms with Gasteiger partial charge >= 0.3 is 0 Å². The predicted octanol–water partition coefficient (Wildman–Crippen LogP) is 3.92. The second-order valence-corrected chi connectivity index (χ2v) is 8.47. The van der Waals surface area contributed by atoms with Gasteiger partial charge in [0.2, 0.25) is 0 Å². The number of hydrogen-bond donors (Lipinski definition) is 4. The topological polar surface area (TPSA) is 101 Å². The Bertz CT molecular complexity index is 1020. The van der Waals surface area contributed by atoms with Crippen LogP contribution in [0.3, 0.4) is 0 Å². The van der Waals surface area contributed by atoms with Crippen LogP contribution in [-0.2, 0) is 6.54 Å². The molecule has 0 unspecified atom stereocenters. The van der Waals surface area contributed by atoms with Crippen molar-refractivity contribution in [2.24, 2.45) is 0 Å². The van der Waals surface area contributed by atoms with Gasteiger partial charge in [-0.25, -0.2) is 0 Å². The summed E-state index contributed by atoms with van der Waals surface area (Å²) in [5.41, 5.74) is 3.04. The molecule has 4 N–H and O–H groups in total. The highest BCUT2D eigenvalue weighted by atomic mass is 16.2. The molecule has 7 nitrogen and oxygen atoms in total. The number of nitrogens with one attached hydrogen (secondary N) is 4. The van der Waals surface area contributed by atoms with E-state index < -0.39 is 0 Å². The predicted molar refractivity (Wildman–Crippen MR) is 119 cm³/mol. The molecule has 0 saturated heterocycles.